The van der Waals surface area contributed by atoms with Gasteiger partial charge in [-0.1, -0.05) is 0 Å². The Bertz CT molecular complexity index is 1030. The summed E-state index contributed by atoms with van der Waals surface area (Å²) in [5.41, 5.74) is 2.52. The fourth-order valence-electron chi connectivity index (χ4n) is 3.89. The summed E-state index contributed by atoms with van der Waals surface area (Å²) in [5, 5.41) is 14.4. The number of ether oxygens (including phenoxy) is 1. The number of carbonyl (C=O) groups excluding carboxylic acids is 1. The highest BCUT2D eigenvalue weighted by Crippen LogP contribution is 2.24. The lowest BCUT2D eigenvalue weighted by Crippen LogP contribution is -2.40. The van der Waals surface area contributed by atoms with E-state index in [0.29, 0.717) is 50.7 Å². The van der Waals surface area contributed by atoms with Crippen molar-refractivity contribution in [2.24, 2.45) is 5.92 Å². The lowest BCUT2D eigenvalue weighted by molar-refractivity contribution is -0.120. The molecule has 1 aromatic carbocycles. The third-order valence-corrected chi connectivity index (χ3v) is 7.04. The number of hydrogen-bond acceptors (Lipinski definition) is 8. The molecule has 0 radical (unpaired) electrons. The van der Waals surface area contributed by atoms with E-state index in [9.17, 15) is 13.2 Å². The molecule has 0 spiro atoms. The SMILES string of the molecule is CS(=O)(=O)N1CCC(C(=O)Nc2ccc(Nc3cc(N4CCOCC4)cnn3)cc2)CC1. The van der Waals surface area contributed by atoms with Crippen molar-refractivity contribution in [3.63, 3.8) is 0 Å². The van der Waals surface area contributed by atoms with Gasteiger partial charge in [0.2, 0.25) is 15.9 Å². The molecular formula is C21H28N6O4S. The number of nitrogens with zero attached hydrogens (tertiary/aromatic N) is 4. The van der Waals surface area contributed by atoms with Gasteiger partial charge in [-0.3, -0.25) is 4.79 Å². The van der Waals surface area contributed by atoms with Crippen molar-refractivity contribution in [2.75, 3.05) is 61.2 Å². The van der Waals surface area contributed by atoms with Crippen molar-refractivity contribution >= 4 is 38.8 Å². The van der Waals surface area contributed by atoms with E-state index >= 15 is 0 Å². The van der Waals surface area contributed by atoms with Gasteiger partial charge in [0.05, 0.1) is 31.4 Å². The fraction of sp³-hybridized carbons (Fsp3) is 0.476. The van der Waals surface area contributed by atoms with Gasteiger partial charge in [-0.15, -0.1) is 5.10 Å². The maximum atomic E-state index is 12.6. The van der Waals surface area contributed by atoms with Crippen LogP contribution in [0.25, 0.3) is 0 Å². The number of sulfonamides is 1. The maximum absolute atomic E-state index is 12.6. The minimum absolute atomic E-state index is 0.0806. The molecule has 0 bridgehead atoms. The van der Waals surface area contributed by atoms with E-state index in [1.807, 2.05) is 30.3 Å². The number of benzene rings is 1. The molecule has 1 aromatic heterocycles. The molecular weight excluding hydrogens is 432 g/mol. The first kappa shape index (κ1) is 22.4. The van der Waals surface area contributed by atoms with Crippen LogP contribution < -0.4 is 15.5 Å². The number of piperidine rings is 1. The van der Waals surface area contributed by atoms with Crippen LogP contribution in [0.4, 0.5) is 22.9 Å². The molecule has 2 aliphatic rings. The second kappa shape index (κ2) is 9.80. The summed E-state index contributed by atoms with van der Waals surface area (Å²) in [6.07, 6.45) is 4.00. The average Bonchev–Trinajstić information content (AvgIpc) is 2.81. The highest BCUT2D eigenvalue weighted by Gasteiger charge is 2.28. The maximum Gasteiger partial charge on any atom is 0.227 e. The fourth-order valence-corrected chi connectivity index (χ4v) is 4.76. The van der Waals surface area contributed by atoms with Crippen molar-refractivity contribution in [2.45, 2.75) is 12.8 Å². The molecule has 4 rings (SSSR count). The number of amides is 1. The Hall–Kier alpha value is -2.76. The molecule has 10 nitrogen and oxygen atoms in total. The topological polar surface area (TPSA) is 117 Å². The Balaban J connectivity index is 1.31. The summed E-state index contributed by atoms with van der Waals surface area (Å²) in [5.74, 6) is 0.371. The van der Waals surface area contributed by atoms with Crippen LogP contribution in [0.5, 0.6) is 0 Å². The number of anilines is 4. The number of nitrogens with one attached hydrogen (secondary N) is 2. The Morgan fingerprint density at radius 1 is 1.06 bits per heavy atom. The summed E-state index contributed by atoms with van der Waals surface area (Å²) in [4.78, 5) is 14.8. The number of hydrogen-bond donors (Lipinski definition) is 2. The second-order valence-corrected chi connectivity index (χ2v) is 10.0. The van der Waals surface area contributed by atoms with Gasteiger partial charge in [0.25, 0.3) is 0 Å². The highest BCUT2D eigenvalue weighted by molar-refractivity contribution is 7.88. The van der Waals surface area contributed by atoms with Gasteiger partial charge in [-0.25, -0.2) is 12.7 Å². The van der Waals surface area contributed by atoms with Gasteiger partial charge in [0, 0.05) is 49.5 Å². The van der Waals surface area contributed by atoms with E-state index in [1.165, 1.54) is 10.6 Å². The number of rotatable bonds is 6. The smallest absolute Gasteiger partial charge is 0.227 e. The number of morpholine rings is 1. The standard InChI is InChI=1S/C21H28N6O4S/c1-32(29,30)27-8-6-16(7-9-27)21(28)24-18-4-2-17(3-5-18)23-20-14-19(15-22-25-20)26-10-12-31-13-11-26/h2-5,14-16H,6-13H2,1H3,(H,23,25)(H,24,28). The van der Waals surface area contributed by atoms with Gasteiger partial charge >= 0.3 is 0 Å². The third kappa shape index (κ3) is 5.72. The predicted molar refractivity (Wildman–Crippen MR) is 123 cm³/mol. The molecule has 0 aliphatic carbocycles. The zero-order chi connectivity index (χ0) is 22.6. The summed E-state index contributed by atoms with van der Waals surface area (Å²) >= 11 is 0. The molecule has 172 valence electrons. The first-order valence-electron chi connectivity index (χ1n) is 10.7. The Morgan fingerprint density at radius 3 is 2.38 bits per heavy atom. The molecule has 3 heterocycles. The quantitative estimate of drug-likeness (QED) is 0.669. The van der Waals surface area contributed by atoms with Crippen molar-refractivity contribution in [1.29, 1.82) is 0 Å². The summed E-state index contributed by atoms with van der Waals surface area (Å²) in [6.45, 7) is 3.82. The molecule has 11 heteroatoms. The van der Waals surface area contributed by atoms with Crippen LogP contribution in [0, 0.1) is 5.92 Å². The van der Waals surface area contributed by atoms with Crippen LogP contribution in [0.3, 0.4) is 0 Å². The van der Waals surface area contributed by atoms with Crippen LogP contribution in [0.15, 0.2) is 36.5 Å². The van der Waals surface area contributed by atoms with E-state index in [-0.39, 0.29) is 11.8 Å². The lowest BCUT2D eigenvalue weighted by atomic mass is 9.97. The summed E-state index contributed by atoms with van der Waals surface area (Å²) in [7, 11) is -3.20. The van der Waals surface area contributed by atoms with Crippen LogP contribution in [-0.2, 0) is 19.6 Å². The van der Waals surface area contributed by atoms with Crippen molar-refractivity contribution < 1.29 is 17.9 Å². The van der Waals surface area contributed by atoms with Crippen molar-refractivity contribution in [3.05, 3.63) is 36.5 Å². The van der Waals surface area contributed by atoms with E-state index < -0.39 is 10.0 Å². The van der Waals surface area contributed by atoms with E-state index in [2.05, 4.69) is 25.7 Å². The normalized spacial score (nSPS) is 18.3. The van der Waals surface area contributed by atoms with Gasteiger partial charge in [0.15, 0.2) is 5.82 Å². The first-order chi connectivity index (χ1) is 15.4. The second-order valence-electron chi connectivity index (χ2n) is 8.03. The molecule has 0 unspecified atom stereocenters. The van der Waals surface area contributed by atoms with Crippen LogP contribution in [-0.4, -0.2) is 74.5 Å². The molecule has 0 saturated carbocycles. The minimum atomic E-state index is -3.20. The number of aromatic nitrogens is 2. The summed E-state index contributed by atoms with van der Waals surface area (Å²) in [6, 6.07) is 9.34. The molecule has 32 heavy (non-hydrogen) atoms. The third-order valence-electron chi connectivity index (χ3n) is 5.73. The lowest BCUT2D eigenvalue weighted by Gasteiger charge is -2.29. The van der Waals surface area contributed by atoms with E-state index in [1.54, 1.807) is 6.20 Å². The first-order valence-corrected chi connectivity index (χ1v) is 12.5. The molecule has 2 aromatic rings. The van der Waals surface area contributed by atoms with Crippen LogP contribution >= 0.6 is 0 Å². The average molecular weight is 461 g/mol. The molecule has 0 atom stereocenters. The Labute approximate surface area is 188 Å². The minimum Gasteiger partial charge on any atom is -0.378 e. The van der Waals surface area contributed by atoms with Gasteiger partial charge in [-0.2, -0.15) is 5.10 Å². The van der Waals surface area contributed by atoms with Crippen molar-refractivity contribution in [3.8, 4) is 0 Å². The Kier molecular flexibility index (Phi) is 6.87. The largest absolute Gasteiger partial charge is 0.378 e. The molecule has 2 aliphatic heterocycles. The molecule has 2 N–H and O–H groups in total. The highest BCUT2D eigenvalue weighted by atomic mass is 32.2. The van der Waals surface area contributed by atoms with E-state index in [4.69, 9.17) is 4.74 Å². The van der Waals surface area contributed by atoms with Crippen LogP contribution in [0.1, 0.15) is 12.8 Å². The number of carbonyl (C=O) groups is 1. The predicted octanol–water partition coefficient (Wildman–Crippen LogP) is 1.67. The van der Waals surface area contributed by atoms with Gasteiger partial charge < -0.3 is 20.3 Å². The molecule has 1 amide bonds. The zero-order valence-corrected chi connectivity index (χ0v) is 18.8. The monoisotopic (exact) mass is 460 g/mol. The summed E-state index contributed by atoms with van der Waals surface area (Å²) < 4.78 is 30.1. The Morgan fingerprint density at radius 2 is 1.72 bits per heavy atom. The van der Waals surface area contributed by atoms with Crippen LogP contribution in [0.2, 0.25) is 0 Å². The van der Waals surface area contributed by atoms with Crippen molar-refractivity contribution in [1.82, 2.24) is 14.5 Å². The van der Waals surface area contributed by atoms with Gasteiger partial charge in [-0.05, 0) is 37.1 Å². The zero-order valence-electron chi connectivity index (χ0n) is 18.0. The molecule has 2 saturated heterocycles. The molecule has 2 fully saturated rings. The van der Waals surface area contributed by atoms with E-state index in [0.717, 1.165) is 24.5 Å². The van der Waals surface area contributed by atoms with Gasteiger partial charge in [0.1, 0.15) is 0 Å².